The van der Waals surface area contributed by atoms with Crippen molar-refractivity contribution in [1.29, 1.82) is 0 Å². The third-order valence-electron chi connectivity index (χ3n) is 3.52. The first-order valence-corrected chi connectivity index (χ1v) is 7.58. The van der Waals surface area contributed by atoms with E-state index in [1.54, 1.807) is 0 Å². The molecular formula is C16H11ClN2S. The maximum Gasteiger partial charge on any atom is 0.183 e. The number of hydrogen-bond acceptors (Lipinski definition) is 2. The lowest BCUT2D eigenvalue weighted by atomic mass is 10.2. The van der Waals surface area contributed by atoms with Gasteiger partial charge in [-0.05, 0) is 12.1 Å². The first kappa shape index (κ1) is 11.9. The van der Waals surface area contributed by atoms with Gasteiger partial charge in [-0.2, -0.15) is 0 Å². The summed E-state index contributed by atoms with van der Waals surface area (Å²) in [6.07, 6.45) is 1.86. The predicted octanol–water partition coefficient (Wildman–Crippen LogP) is 4.95. The van der Waals surface area contributed by atoms with Crippen LogP contribution in [-0.2, 0) is 6.54 Å². The number of para-hydroxylation sites is 2. The Balaban J connectivity index is 2.00. The van der Waals surface area contributed by atoms with Crippen molar-refractivity contribution in [1.82, 2.24) is 9.55 Å². The van der Waals surface area contributed by atoms with Gasteiger partial charge in [-0.1, -0.05) is 48.0 Å². The zero-order valence-electron chi connectivity index (χ0n) is 10.6. The number of nitrogens with zero attached hydrogens (tertiary/aromatic N) is 2. The Labute approximate surface area is 125 Å². The van der Waals surface area contributed by atoms with Crippen LogP contribution in [0.2, 0.25) is 4.47 Å². The summed E-state index contributed by atoms with van der Waals surface area (Å²) >= 11 is 7.47. The molecule has 0 atom stereocenters. The Hall–Kier alpha value is -1.84. The largest absolute Gasteiger partial charge is 0.335 e. The van der Waals surface area contributed by atoms with Crippen molar-refractivity contribution in [2.24, 2.45) is 0 Å². The van der Waals surface area contributed by atoms with Gasteiger partial charge in [0.25, 0.3) is 0 Å². The summed E-state index contributed by atoms with van der Waals surface area (Å²) in [6.45, 7) is 0.804. The summed E-state index contributed by atoms with van der Waals surface area (Å²) in [7, 11) is 0. The number of rotatable bonds is 2. The number of fused-ring (bicyclic) bond motifs is 3. The molecule has 0 aliphatic heterocycles. The molecule has 0 N–H and O–H groups in total. The molecule has 4 aromatic rings. The number of halogens is 1. The fraction of sp³-hybridized carbons (Fsp3) is 0.0625. The second-order valence-corrected chi connectivity index (χ2v) is 6.40. The van der Waals surface area contributed by atoms with E-state index < -0.39 is 0 Å². The highest BCUT2D eigenvalue weighted by Crippen LogP contribution is 2.30. The number of thiazole rings is 1. The molecule has 20 heavy (non-hydrogen) atoms. The molecule has 0 spiro atoms. The van der Waals surface area contributed by atoms with Crippen LogP contribution in [0.1, 0.15) is 4.88 Å². The van der Waals surface area contributed by atoms with Crippen LogP contribution < -0.4 is 0 Å². The van der Waals surface area contributed by atoms with E-state index in [1.165, 1.54) is 38.0 Å². The van der Waals surface area contributed by atoms with E-state index in [0.717, 1.165) is 6.54 Å². The van der Waals surface area contributed by atoms with Crippen molar-refractivity contribution < 1.29 is 0 Å². The van der Waals surface area contributed by atoms with Crippen molar-refractivity contribution in [3.63, 3.8) is 0 Å². The molecule has 2 nitrogen and oxygen atoms in total. The quantitative estimate of drug-likeness (QED) is 0.512. The van der Waals surface area contributed by atoms with Crippen LogP contribution in [0.4, 0.5) is 0 Å². The van der Waals surface area contributed by atoms with Crippen molar-refractivity contribution in [2.45, 2.75) is 6.54 Å². The van der Waals surface area contributed by atoms with Crippen LogP contribution in [0.5, 0.6) is 0 Å². The van der Waals surface area contributed by atoms with Crippen LogP contribution in [0.15, 0.2) is 54.7 Å². The molecule has 0 amide bonds. The number of benzene rings is 2. The van der Waals surface area contributed by atoms with E-state index in [2.05, 4.69) is 58.1 Å². The smallest absolute Gasteiger partial charge is 0.183 e. The van der Waals surface area contributed by atoms with Crippen LogP contribution in [0.3, 0.4) is 0 Å². The van der Waals surface area contributed by atoms with Crippen LogP contribution in [0, 0.1) is 0 Å². The minimum absolute atomic E-state index is 0.598. The highest BCUT2D eigenvalue weighted by atomic mass is 35.5. The SMILES string of the molecule is Clc1ncc(Cn2c3ccccc3c3ccccc32)s1. The monoisotopic (exact) mass is 298 g/mol. The summed E-state index contributed by atoms with van der Waals surface area (Å²) < 4.78 is 2.93. The Morgan fingerprint density at radius 3 is 2.10 bits per heavy atom. The Kier molecular flexibility index (Phi) is 2.76. The van der Waals surface area contributed by atoms with Crippen LogP contribution in [0.25, 0.3) is 21.8 Å². The van der Waals surface area contributed by atoms with Gasteiger partial charge < -0.3 is 4.57 Å². The topological polar surface area (TPSA) is 17.8 Å². The van der Waals surface area contributed by atoms with E-state index in [-0.39, 0.29) is 0 Å². The molecule has 0 aliphatic rings. The van der Waals surface area contributed by atoms with Crippen molar-refractivity contribution in [3.8, 4) is 0 Å². The van der Waals surface area contributed by atoms with Gasteiger partial charge in [0.05, 0.1) is 6.54 Å². The van der Waals surface area contributed by atoms with E-state index in [0.29, 0.717) is 4.47 Å². The average molecular weight is 299 g/mol. The Morgan fingerprint density at radius 2 is 1.55 bits per heavy atom. The molecular weight excluding hydrogens is 288 g/mol. The average Bonchev–Trinajstić information content (AvgIpc) is 3.03. The molecule has 2 aromatic carbocycles. The van der Waals surface area contributed by atoms with Crippen molar-refractivity contribution in [3.05, 3.63) is 64.1 Å². The van der Waals surface area contributed by atoms with E-state index in [9.17, 15) is 0 Å². The standard InChI is InChI=1S/C16H11ClN2S/c17-16-18-9-11(20-16)10-19-14-7-3-1-5-12(14)13-6-2-4-8-15(13)19/h1-9H,10H2. The highest BCUT2D eigenvalue weighted by molar-refractivity contribution is 7.15. The van der Waals surface area contributed by atoms with Crippen molar-refractivity contribution >= 4 is 44.7 Å². The van der Waals surface area contributed by atoms with Gasteiger partial charge in [0.15, 0.2) is 4.47 Å². The zero-order chi connectivity index (χ0) is 13.5. The second kappa shape index (κ2) is 4.62. The summed E-state index contributed by atoms with van der Waals surface area (Å²) in [5, 5.41) is 2.58. The molecule has 0 bridgehead atoms. The summed E-state index contributed by atoms with van der Waals surface area (Å²) in [4.78, 5) is 5.30. The van der Waals surface area contributed by atoms with Crippen LogP contribution in [-0.4, -0.2) is 9.55 Å². The molecule has 0 radical (unpaired) electrons. The van der Waals surface area contributed by atoms with E-state index in [1.807, 2.05) is 6.20 Å². The summed E-state index contributed by atoms with van der Waals surface area (Å²) in [6, 6.07) is 17.0. The van der Waals surface area contributed by atoms with Crippen LogP contribution >= 0.6 is 22.9 Å². The maximum atomic E-state index is 5.94. The fourth-order valence-electron chi connectivity index (χ4n) is 2.69. The molecule has 0 saturated carbocycles. The number of hydrogen-bond donors (Lipinski definition) is 0. The fourth-order valence-corrected chi connectivity index (χ4v) is 3.65. The zero-order valence-corrected chi connectivity index (χ0v) is 12.2. The van der Waals surface area contributed by atoms with E-state index in [4.69, 9.17) is 11.6 Å². The lowest BCUT2D eigenvalue weighted by Gasteiger charge is -2.04. The van der Waals surface area contributed by atoms with Gasteiger partial charge in [-0.15, -0.1) is 11.3 Å². The molecule has 0 aliphatic carbocycles. The molecule has 2 heterocycles. The minimum atomic E-state index is 0.598. The first-order chi connectivity index (χ1) is 9.83. The Bertz CT molecular complexity index is 854. The number of aromatic nitrogens is 2. The Morgan fingerprint density at radius 1 is 0.950 bits per heavy atom. The maximum absolute atomic E-state index is 5.94. The van der Waals surface area contributed by atoms with Gasteiger partial charge in [-0.3, -0.25) is 0 Å². The van der Waals surface area contributed by atoms with Gasteiger partial charge in [0.1, 0.15) is 0 Å². The lowest BCUT2D eigenvalue weighted by molar-refractivity contribution is 0.882. The predicted molar refractivity (Wildman–Crippen MR) is 85.7 cm³/mol. The van der Waals surface area contributed by atoms with Gasteiger partial charge in [0, 0.05) is 32.9 Å². The molecule has 0 unspecified atom stereocenters. The first-order valence-electron chi connectivity index (χ1n) is 6.39. The van der Waals surface area contributed by atoms with Gasteiger partial charge in [-0.25, -0.2) is 4.98 Å². The van der Waals surface area contributed by atoms with E-state index >= 15 is 0 Å². The molecule has 98 valence electrons. The normalized spacial score (nSPS) is 11.4. The molecule has 4 rings (SSSR count). The third-order valence-corrected chi connectivity index (χ3v) is 4.62. The summed E-state index contributed by atoms with van der Waals surface area (Å²) in [5.41, 5.74) is 2.50. The summed E-state index contributed by atoms with van der Waals surface area (Å²) in [5.74, 6) is 0. The lowest BCUT2D eigenvalue weighted by Crippen LogP contribution is -1.96. The minimum Gasteiger partial charge on any atom is -0.335 e. The molecule has 0 fully saturated rings. The molecule has 4 heteroatoms. The highest BCUT2D eigenvalue weighted by Gasteiger charge is 2.10. The molecule has 0 saturated heterocycles. The van der Waals surface area contributed by atoms with Crippen molar-refractivity contribution in [2.75, 3.05) is 0 Å². The second-order valence-electron chi connectivity index (χ2n) is 4.70. The third kappa shape index (κ3) is 1.82. The molecule has 2 aromatic heterocycles. The van der Waals surface area contributed by atoms with Gasteiger partial charge in [0.2, 0.25) is 0 Å². The van der Waals surface area contributed by atoms with Gasteiger partial charge >= 0.3 is 0 Å².